The van der Waals surface area contributed by atoms with Crippen LogP contribution in [0.15, 0.2) is 61.4 Å². The molecule has 0 bridgehead atoms. The smallest absolute Gasteiger partial charge is 0.247 e. The van der Waals surface area contributed by atoms with Crippen molar-refractivity contribution >= 4 is 28.4 Å². The van der Waals surface area contributed by atoms with Gasteiger partial charge in [-0.15, -0.1) is 0 Å². The van der Waals surface area contributed by atoms with Crippen LogP contribution in [0.2, 0.25) is 0 Å². The molecule has 0 aliphatic carbocycles. The second-order valence-corrected chi connectivity index (χ2v) is 6.95. The highest BCUT2D eigenvalue weighted by Crippen LogP contribution is 2.26. The zero-order valence-corrected chi connectivity index (χ0v) is 16.1. The van der Waals surface area contributed by atoms with Crippen molar-refractivity contribution in [3.63, 3.8) is 0 Å². The van der Waals surface area contributed by atoms with Crippen molar-refractivity contribution in [3.8, 4) is 0 Å². The van der Waals surface area contributed by atoms with Gasteiger partial charge in [-0.1, -0.05) is 0 Å². The molecule has 146 valence electrons. The number of fused-ring (bicyclic) bond motifs is 1. The highest BCUT2D eigenvalue weighted by molar-refractivity contribution is 6.16. The number of amides is 1. The molecule has 4 heterocycles. The summed E-state index contributed by atoms with van der Waals surface area (Å²) in [6.45, 7) is 4.20. The summed E-state index contributed by atoms with van der Waals surface area (Å²) in [5.41, 5.74) is 1.98. The molecule has 0 unspecified atom stereocenters. The van der Waals surface area contributed by atoms with E-state index < -0.39 is 0 Å². The van der Waals surface area contributed by atoms with Crippen LogP contribution < -0.4 is 5.32 Å². The van der Waals surface area contributed by atoms with Crippen LogP contribution >= 0.6 is 0 Å². The summed E-state index contributed by atoms with van der Waals surface area (Å²) in [5.74, 6) is -0.0995. The van der Waals surface area contributed by atoms with E-state index in [2.05, 4.69) is 38.8 Å². The summed E-state index contributed by atoms with van der Waals surface area (Å²) in [7, 11) is 0. The summed E-state index contributed by atoms with van der Waals surface area (Å²) in [5, 5.41) is 7.51. The molecular weight excluding hydrogens is 368 g/mol. The van der Waals surface area contributed by atoms with E-state index in [0.717, 1.165) is 10.9 Å². The number of nitrogens with one attached hydrogen (secondary N) is 1. The number of pyridine rings is 2. The first-order valence-electron chi connectivity index (χ1n) is 9.25. The third-order valence-corrected chi connectivity index (χ3v) is 4.59. The van der Waals surface area contributed by atoms with E-state index in [4.69, 9.17) is 0 Å². The Kier molecular flexibility index (Phi) is 4.90. The van der Waals surface area contributed by atoms with Gasteiger partial charge in [0.15, 0.2) is 5.78 Å². The van der Waals surface area contributed by atoms with Gasteiger partial charge in [-0.3, -0.25) is 19.3 Å². The molecule has 0 aliphatic heterocycles. The first-order valence-corrected chi connectivity index (χ1v) is 9.25. The fraction of sp³-hybridized carbons (Fsp3) is 0.190. The van der Waals surface area contributed by atoms with Crippen molar-refractivity contribution in [2.45, 2.75) is 26.4 Å². The van der Waals surface area contributed by atoms with Gasteiger partial charge in [-0.25, -0.2) is 4.98 Å². The summed E-state index contributed by atoms with van der Waals surface area (Å²) in [6.07, 6.45) is 10.1. The quantitative estimate of drug-likeness (QED) is 0.512. The van der Waals surface area contributed by atoms with Crippen LogP contribution in [0, 0.1) is 0 Å². The molecule has 0 radical (unpaired) electrons. The molecule has 0 atom stereocenters. The van der Waals surface area contributed by atoms with Gasteiger partial charge in [0, 0.05) is 59.7 Å². The van der Waals surface area contributed by atoms with Gasteiger partial charge in [0.05, 0.1) is 5.52 Å². The minimum absolute atomic E-state index is 0.0698. The van der Waals surface area contributed by atoms with Gasteiger partial charge in [0.25, 0.3) is 0 Å². The van der Waals surface area contributed by atoms with E-state index in [1.807, 2.05) is 12.3 Å². The molecule has 1 amide bonds. The number of ketones is 1. The van der Waals surface area contributed by atoms with E-state index in [0.29, 0.717) is 16.9 Å². The molecule has 0 fully saturated rings. The van der Waals surface area contributed by atoms with Crippen LogP contribution in [-0.2, 0) is 11.3 Å². The number of nitrogens with zero attached hydrogens (tertiary/aromatic N) is 5. The SMILES string of the molecule is CC(C)n1cc(C(=O)c2ccnc(NC(=O)Cn3cccn3)c2)c2cnccc21. The second-order valence-electron chi connectivity index (χ2n) is 6.95. The number of aromatic nitrogens is 5. The maximum atomic E-state index is 13.2. The molecule has 0 spiro atoms. The monoisotopic (exact) mass is 388 g/mol. The fourth-order valence-corrected chi connectivity index (χ4v) is 3.23. The van der Waals surface area contributed by atoms with Gasteiger partial charge in [-0.2, -0.15) is 5.10 Å². The molecule has 0 saturated heterocycles. The van der Waals surface area contributed by atoms with Crippen molar-refractivity contribution in [3.05, 3.63) is 72.6 Å². The molecule has 0 aliphatic rings. The first-order chi connectivity index (χ1) is 14.0. The average Bonchev–Trinajstić information content (AvgIpc) is 3.35. The van der Waals surface area contributed by atoms with Crippen LogP contribution in [0.5, 0.6) is 0 Å². The Hall–Kier alpha value is -3.81. The molecule has 29 heavy (non-hydrogen) atoms. The standard InChI is InChI=1S/C21H20N6O2/c1-14(2)27-12-17(16-11-22-7-5-18(16)27)21(29)15-4-8-23-19(10-15)25-20(28)13-26-9-3-6-24-26/h3-12,14H,13H2,1-2H3,(H,23,25,28). The van der Waals surface area contributed by atoms with Crippen LogP contribution in [0.25, 0.3) is 10.9 Å². The third kappa shape index (κ3) is 3.77. The topological polar surface area (TPSA) is 94.7 Å². The lowest BCUT2D eigenvalue weighted by molar-refractivity contribution is -0.116. The zero-order chi connectivity index (χ0) is 20.4. The number of carbonyl (C=O) groups is 2. The van der Waals surface area contributed by atoms with Crippen LogP contribution in [0.3, 0.4) is 0 Å². The summed E-state index contributed by atoms with van der Waals surface area (Å²) in [4.78, 5) is 33.7. The summed E-state index contributed by atoms with van der Waals surface area (Å²) < 4.78 is 3.57. The minimum Gasteiger partial charge on any atom is -0.344 e. The van der Waals surface area contributed by atoms with Crippen molar-refractivity contribution in [2.24, 2.45) is 0 Å². The molecule has 4 aromatic heterocycles. The van der Waals surface area contributed by atoms with Crippen molar-refractivity contribution in [1.82, 2.24) is 24.3 Å². The van der Waals surface area contributed by atoms with Gasteiger partial charge in [0.1, 0.15) is 12.4 Å². The minimum atomic E-state index is -0.272. The molecule has 1 N–H and O–H groups in total. The predicted molar refractivity (Wildman–Crippen MR) is 109 cm³/mol. The maximum Gasteiger partial charge on any atom is 0.247 e. The van der Waals surface area contributed by atoms with Gasteiger partial charge >= 0.3 is 0 Å². The van der Waals surface area contributed by atoms with Crippen LogP contribution in [-0.4, -0.2) is 36.0 Å². The molecule has 4 aromatic rings. The number of hydrogen-bond acceptors (Lipinski definition) is 5. The summed E-state index contributed by atoms with van der Waals surface area (Å²) >= 11 is 0. The Morgan fingerprint density at radius 3 is 2.79 bits per heavy atom. The molecule has 4 rings (SSSR count). The summed E-state index contributed by atoms with van der Waals surface area (Å²) in [6, 6.07) is 7.07. The van der Waals surface area contributed by atoms with Crippen LogP contribution in [0.1, 0.15) is 35.8 Å². The second kappa shape index (κ2) is 7.67. The highest BCUT2D eigenvalue weighted by Gasteiger charge is 2.19. The fourth-order valence-electron chi connectivity index (χ4n) is 3.23. The zero-order valence-electron chi connectivity index (χ0n) is 16.1. The molecular formula is C21H20N6O2. The molecule has 8 nitrogen and oxygen atoms in total. The number of hydrogen-bond donors (Lipinski definition) is 1. The van der Waals surface area contributed by atoms with Crippen molar-refractivity contribution in [2.75, 3.05) is 5.32 Å². The van der Waals surface area contributed by atoms with E-state index in [1.54, 1.807) is 43.0 Å². The van der Waals surface area contributed by atoms with Crippen molar-refractivity contribution < 1.29 is 9.59 Å². The Morgan fingerprint density at radius 1 is 1.17 bits per heavy atom. The Bertz CT molecular complexity index is 1180. The maximum absolute atomic E-state index is 13.2. The van der Waals surface area contributed by atoms with E-state index in [9.17, 15) is 9.59 Å². The Balaban J connectivity index is 1.61. The number of anilines is 1. The van der Waals surface area contributed by atoms with Gasteiger partial charge in [-0.05, 0) is 38.1 Å². The lowest BCUT2D eigenvalue weighted by Gasteiger charge is -2.08. The lowest BCUT2D eigenvalue weighted by atomic mass is 10.0. The molecule has 8 heteroatoms. The Morgan fingerprint density at radius 2 is 2.03 bits per heavy atom. The average molecular weight is 388 g/mol. The predicted octanol–water partition coefficient (Wildman–Crippen LogP) is 3.08. The van der Waals surface area contributed by atoms with E-state index in [-0.39, 0.29) is 24.3 Å². The third-order valence-electron chi connectivity index (χ3n) is 4.59. The van der Waals surface area contributed by atoms with E-state index in [1.165, 1.54) is 10.9 Å². The normalized spacial score (nSPS) is 11.1. The molecule has 0 aromatic carbocycles. The van der Waals surface area contributed by atoms with Gasteiger partial charge < -0.3 is 9.88 Å². The highest BCUT2D eigenvalue weighted by atomic mass is 16.2. The largest absolute Gasteiger partial charge is 0.344 e. The first kappa shape index (κ1) is 18.5. The number of carbonyl (C=O) groups excluding carboxylic acids is 2. The van der Waals surface area contributed by atoms with Gasteiger partial charge in [0.2, 0.25) is 5.91 Å². The van der Waals surface area contributed by atoms with Crippen molar-refractivity contribution in [1.29, 1.82) is 0 Å². The van der Waals surface area contributed by atoms with Crippen LogP contribution in [0.4, 0.5) is 5.82 Å². The lowest BCUT2D eigenvalue weighted by Crippen LogP contribution is -2.19. The number of rotatable bonds is 6. The Labute approximate surface area is 167 Å². The molecule has 0 saturated carbocycles. The van der Waals surface area contributed by atoms with E-state index >= 15 is 0 Å².